The third-order valence-corrected chi connectivity index (χ3v) is 6.32. The van der Waals surface area contributed by atoms with Gasteiger partial charge in [-0.1, -0.05) is 30.3 Å². The first-order valence-corrected chi connectivity index (χ1v) is 11.9. The molecule has 0 aromatic heterocycles. The van der Waals surface area contributed by atoms with Gasteiger partial charge < -0.3 is 23.7 Å². The monoisotopic (exact) mass is 485 g/mol. The maximum Gasteiger partial charge on any atom is 0.308 e. The Morgan fingerprint density at radius 3 is 2.49 bits per heavy atom. The van der Waals surface area contributed by atoms with Crippen LogP contribution in [0.25, 0.3) is 0 Å². The molecule has 2 saturated heterocycles. The predicted molar refractivity (Wildman–Crippen MR) is 125 cm³/mol. The first-order valence-electron chi connectivity index (χ1n) is 11.9. The fraction of sp³-hybridized carbons (Fsp3) is 0.500. The summed E-state index contributed by atoms with van der Waals surface area (Å²) in [6.45, 7) is 0.727. The van der Waals surface area contributed by atoms with Crippen LogP contribution in [0.15, 0.2) is 54.6 Å². The Bertz CT molecular complexity index is 983. The third kappa shape index (κ3) is 7.08. The van der Waals surface area contributed by atoms with Gasteiger partial charge >= 0.3 is 5.97 Å². The average Bonchev–Trinajstić information content (AvgIpc) is 2.87. The van der Waals surface area contributed by atoms with E-state index in [9.17, 15) is 14.9 Å². The molecule has 4 atom stereocenters. The quantitative estimate of drug-likeness (QED) is 0.287. The molecule has 9 nitrogen and oxygen atoms in total. The van der Waals surface area contributed by atoms with E-state index in [0.717, 1.165) is 17.5 Å². The van der Waals surface area contributed by atoms with Gasteiger partial charge in [-0.15, -0.1) is 0 Å². The van der Waals surface area contributed by atoms with Crippen LogP contribution in [0.3, 0.4) is 0 Å². The lowest BCUT2D eigenvalue weighted by Gasteiger charge is -2.47. The lowest BCUT2D eigenvalue weighted by Crippen LogP contribution is -2.53. The van der Waals surface area contributed by atoms with Crippen LogP contribution in [0.2, 0.25) is 0 Å². The Kier molecular flexibility index (Phi) is 8.46. The minimum atomic E-state index is -0.906. The number of non-ortho nitro benzene ring substituents is 1. The molecule has 2 aromatic rings. The summed E-state index contributed by atoms with van der Waals surface area (Å²) in [5.74, 6) is -1.24. The van der Waals surface area contributed by atoms with Crippen molar-refractivity contribution in [3.8, 4) is 0 Å². The van der Waals surface area contributed by atoms with E-state index in [1.807, 2.05) is 30.3 Å². The number of nitrogens with zero attached hydrogens (tertiary/aromatic N) is 1. The number of rotatable bonds is 9. The zero-order valence-electron chi connectivity index (χ0n) is 19.8. The van der Waals surface area contributed by atoms with Gasteiger partial charge in [0.15, 0.2) is 12.1 Å². The molecule has 0 radical (unpaired) electrons. The summed E-state index contributed by atoms with van der Waals surface area (Å²) >= 11 is 0. The highest BCUT2D eigenvalue weighted by Crippen LogP contribution is 2.41. The van der Waals surface area contributed by atoms with Crippen molar-refractivity contribution in [2.75, 3.05) is 7.11 Å². The van der Waals surface area contributed by atoms with Crippen molar-refractivity contribution in [3.05, 3.63) is 75.8 Å². The number of hydrogen-bond acceptors (Lipinski definition) is 8. The number of nitro benzene ring substituents is 1. The van der Waals surface area contributed by atoms with E-state index in [1.165, 1.54) is 19.2 Å². The largest absolute Gasteiger partial charge is 0.469 e. The number of carbonyl (C=O) groups excluding carboxylic acids is 1. The minimum Gasteiger partial charge on any atom is -0.469 e. The van der Waals surface area contributed by atoms with E-state index >= 15 is 0 Å². The Labute approximate surface area is 204 Å². The van der Waals surface area contributed by atoms with E-state index < -0.39 is 17.0 Å². The SMILES string of the molecule is COC(=O)C[C@H]1C[C@@H](OCc2ccccc2)C[C@@]2(CCC[C@H](OCc3ccc([N+](=O)[O-])cc3)O2)O1. The van der Waals surface area contributed by atoms with Crippen LogP contribution < -0.4 is 0 Å². The Morgan fingerprint density at radius 1 is 1.06 bits per heavy atom. The zero-order chi connectivity index (χ0) is 24.7. The number of hydrogen-bond donors (Lipinski definition) is 0. The Morgan fingerprint density at radius 2 is 1.77 bits per heavy atom. The molecule has 1 spiro atoms. The van der Waals surface area contributed by atoms with E-state index in [2.05, 4.69) is 0 Å². The molecule has 4 rings (SSSR count). The Hall–Kier alpha value is -2.85. The van der Waals surface area contributed by atoms with Gasteiger partial charge in [-0.3, -0.25) is 14.9 Å². The fourth-order valence-corrected chi connectivity index (χ4v) is 4.59. The van der Waals surface area contributed by atoms with Crippen molar-refractivity contribution >= 4 is 11.7 Å². The van der Waals surface area contributed by atoms with Gasteiger partial charge in [0.25, 0.3) is 5.69 Å². The maximum absolute atomic E-state index is 12.0. The second kappa shape index (κ2) is 11.7. The van der Waals surface area contributed by atoms with Crippen molar-refractivity contribution in [1.82, 2.24) is 0 Å². The number of nitro groups is 1. The molecule has 2 fully saturated rings. The molecule has 2 aliphatic heterocycles. The summed E-state index contributed by atoms with van der Waals surface area (Å²) in [6, 6.07) is 16.2. The molecule has 0 amide bonds. The second-order valence-electron chi connectivity index (χ2n) is 8.96. The van der Waals surface area contributed by atoms with Crippen LogP contribution in [0.5, 0.6) is 0 Å². The first-order chi connectivity index (χ1) is 16.9. The molecule has 9 heteroatoms. The minimum absolute atomic E-state index is 0.0374. The normalized spacial score (nSPS) is 26.4. The van der Waals surface area contributed by atoms with Crippen molar-refractivity contribution in [3.63, 3.8) is 0 Å². The van der Waals surface area contributed by atoms with E-state index in [1.54, 1.807) is 12.1 Å². The second-order valence-corrected chi connectivity index (χ2v) is 8.96. The van der Waals surface area contributed by atoms with E-state index in [4.69, 9.17) is 23.7 Å². The lowest BCUT2D eigenvalue weighted by molar-refractivity contribution is -0.384. The summed E-state index contributed by atoms with van der Waals surface area (Å²) in [6.07, 6.45) is 2.42. The molecule has 2 aliphatic rings. The summed E-state index contributed by atoms with van der Waals surface area (Å²) < 4.78 is 29.8. The number of benzene rings is 2. The first kappa shape index (κ1) is 25.2. The fourth-order valence-electron chi connectivity index (χ4n) is 4.59. The molecule has 188 valence electrons. The lowest BCUT2D eigenvalue weighted by atomic mass is 9.91. The summed E-state index contributed by atoms with van der Waals surface area (Å²) in [4.78, 5) is 22.4. The molecule has 35 heavy (non-hydrogen) atoms. The van der Waals surface area contributed by atoms with Gasteiger partial charge in [-0.25, -0.2) is 0 Å². The van der Waals surface area contributed by atoms with E-state index in [-0.39, 0.29) is 36.9 Å². The van der Waals surface area contributed by atoms with Gasteiger partial charge in [0, 0.05) is 31.4 Å². The molecule has 0 unspecified atom stereocenters. The van der Waals surface area contributed by atoms with Gasteiger partial charge in [-0.05, 0) is 36.1 Å². The molecule has 2 heterocycles. The molecule has 0 bridgehead atoms. The smallest absolute Gasteiger partial charge is 0.308 e. The van der Waals surface area contributed by atoms with Crippen LogP contribution >= 0.6 is 0 Å². The number of esters is 1. The number of carbonyl (C=O) groups is 1. The number of ether oxygens (including phenoxy) is 5. The highest BCUT2D eigenvalue weighted by Gasteiger charge is 2.47. The van der Waals surface area contributed by atoms with Crippen LogP contribution in [-0.2, 0) is 41.7 Å². The Balaban J connectivity index is 1.39. The van der Waals surface area contributed by atoms with E-state index in [0.29, 0.717) is 32.3 Å². The highest BCUT2D eigenvalue weighted by molar-refractivity contribution is 5.69. The molecule has 0 saturated carbocycles. The van der Waals surface area contributed by atoms with Crippen molar-refractivity contribution in [2.45, 2.75) is 76.0 Å². The zero-order valence-corrected chi connectivity index (χ0v) is 19.8. The average molecular weight is 486 g/mol. The predicted octanol–water partition coefficient (Wildman–Crippen LogP) is 4.66. The molecular weight excluding hydrogens is 454 g/mol. The summed E-state index contributed by atoms with van der Waals surface area (Å²) in [7, 11) is 1.36. The molecule has 0 aliphatic carbocycles. The summed E-state index contributed by atoms with van der Waals surface area (Å²) in [5.41, 5.74) is 1.93. The molecule has 2 aromatic carbocycles. The highest BCUT2D eigenvalue weighted by atomic mass is 16.8. The number of methoxy groups -OCH3 is 1. The van der Waals surface area contributed by atoms with Gasteiger partial charge in [-0.2, -0.15) is 0 Å². The third-order valence-electron chi connectivity index (χ3n) is 6.32. The van der Waals surface area contributed by atoms with Crippen LogP contribution in [0.1, 0.15) is 49.7 Å². The van der Waals surface area contributed by atoms with Crippen molar-refractivity contribution < 1.29 is 33.4 Å². The van der Waals surface area contributed by atoms with Crippen LogP contribution in [-0.4, -0.2) is 42.3 Å². The van der Waals surface area contributed by atoms with Crippen molar-refractivity contribution in [1.29, 1.82) is 0 Å². The van der Waals surface area contributed by atoms with Gasteiger partial charge in [0.05, 0.1) is 43.9 Å². The van der Waals surface area contributed by atoms with Gasteiger partial charge in [0.2, 0.25) is 0 Å². The molecular formula is C26H31NO8. The molecule has 0 N–H and O–H groups in total. The van der Waals surface area contributed by atoms with Crippen LogP contribution in [0, 0.1) is 10.1 Å². The van der Waals surface area contributed by atoms with Crippen LogP contribution in [0.4, 0.5) is 5.69 Å². The standard InChI is InChI=1S/C26H31NO8/c1-31-24(28)15-22-14-23(32-17-19-6-3-2-4-7-19)16-26(34-22)13-5-8-25(35-26)33-18-20-9-11-21(12-10-20)27(29)30/h2-4,6-7,9-12,22-23,25H,5,8,13-18H2,1H3/t22-,23-,25-,26+/m1/s1. The van der Waals surface area contributed by atoms with Gasteiger partial charge in [0.1, 0.15) is 0 Å². The topological polar surface area (TPSA) is 106 Å². The van der Waals surface area contributed by atoms with Crippen molar-refractivity contribution in [2.24, 2.45) is 0 Å². The maximum atomic E-state index is 12.0. The summed E-state index contributed by atoms with van der Waals surface area (Å²) in [5, 5.41) is 10.9.